The maximum atomic E-state index is 12.4. The number of carbonyl (C=O) groups is 1. The Kier molecular flexibility index (Phi) is 4.80. The lowest BCUT2D eigenvalue weighted by Crippen LogP contribution is -2.44. The van der Waals surface area contributed by atoms with Crippen molar-refractivity contribution in [2.24, 2.45) is 0 Å². The van der Waals surface area contributed by atoms with E-state index in [1.165, 1.54) is 0 Å². The molecule has 1 amide bonds. The molecule has 0 atom stereocenters. The largest absolute Gasteiger partial charge is 0.345 e. The van der Waals surface area contributed by atoms with E-state index in [0.29, 0.717) is 10.6 Å². The predicted octanol–water partition coefficient (Wildman–Crippen LogP) is 3.95. The van der Waals surface area contributed by atoms with Crippen molar-refractivity contribution in [2.75, 3.05) is 43.4 Å². The Bertz CT molecular complexity index is 932. The molecule has 1 aromatic heterocycles. The molecule has 1 fully saturated rings. The van der Waals surface area contributed by atoms with E-state index in [0.717, 1.165) is 47.2 Å². The first-order valence-electron chi connectivity index (χ1n) is 8.49. The third-order valence-corrected chi connectivity index (χ3v) is 5.85. The van der Waals surface area contributed by atoms with Gasteiger partial charge in [-0.15, -0.1) is 0 Å². The van der Waals surface area contributed by atoms with Crippen LogP contribution in [0.15, 0.2) is 42.5 Å². The lowest BCUT2D eigenvalue weighted by atomic mass is 10.2. The summed E-state index contributed by atoms with van der Waals surface area (Å²) < 4.78 is 1.08. The smallest absolute Gasteiger partial charge is 0.255 e. The Labute approximate surface area is 161 Å². The molecule has 1 aliphatic rings. The molecule has 0 saturated carbocycles. The molecule has 0 spiro atoms. The number of aromatic nitrogens is 1. The van der Waals surface area contributed by atoms with Gasteiger partial charge in [0.1, 0.15) is 0 Å². The summed E-state index contributed by atoms with van der Waals surface area (Å²) in [5.41, 5.74) is 2.32. The SMILES string of the molecule is CN1CCN(c2nc3ccc(NC(=O)c4ccc(Cl)cc4)cc3s2)CC1. The van der Waals surface area contributed by atoms with Crippen LogP contribution in [0.1, 0.15) is 10.4 Å². The molecule has 3 aromatic rings. The van der Waals surface area contributed by atoms with Crippen LogP contribution in [0.4, 0.5) is 10.8 Å². The summed E-state index contributed by atoms with van der Waals surface area (Å²) in [6.07, 6.45) is 0. The summed E-state index contributed by atoms with van der Waals surface area (Å²) in [5, 5.41) is 4.61. The van der Waals surface area contributed by atoms with Crippen LogP contribution in [0, 0.1) is 0 Å². The van der Waals surface area contributed by atoms with E-state index in [4.69, 9.17) is 16.6 Å². The van der Waals surface area contributed by atoms with Gasteiger partial charge in [0.2, 0.25) is 0 Å². The quantitative estimate of drug-likeness (QED) is 0.740. The van der Waals surface area contributed by atoms with Gasteiger partial charge in [-0.2, -0.15) is 0 Å². The highest BCUT2D eigenvalue weighted by atomic mass is 35.5. The fraction of sp³-hybridized carbons (Fsp3) is 0.263. The molecule has 0 unspecified atom stereocenters. The van der Waals surface area contributed by atoms with Crippen molar-refractivity contribution in [1.29, 1.82) is 0 Å². The van der Waals surface area contributed by atoms with E-state index in [1.807, 2.05) is 18.2 Å². The third kappa shape index (κ3) is 3.67. The molecular weight excluding hydrogens is 368 g/mol. The van der Waals surface area contributed by atoms with E-state index < -0.39 is 0 Å². The van der Waals surface area contributed by atoms with Crippen LogP contribution in [0.3, 0.4) is 0 Å². The average molecular weight is 387 g/mol. The molecule has 0 bridgehead atoms. The van der Waals surface area contributed by atoms with Gasteiger partial charge in [-0.25, -0.2) is 4.98 Å². The Hall–Kier alpha value is -2.15. The highest BCUT2D eigenvalue weighted by molar-refractivity contribution is 7.22. The molecule has 2 heterocycles. The lowest BCUT2D eigenvalue weighted by molar-refractivity contribution is 0.102. The lowest BCUT2D eigenvalue weighted by Gasteiger charge is -2.31. The van der Waals surface area contributed by atoms with Crippen molar-refractivity contribution in [3.8, 4) is 0 Å². The van der Waals surface area contributed by atoms with Crippen LogP contribution in [0.25, 0.3) is 10.2 Å². The van der Waals surface area contributed by atoms with Crippen LogP contribution < -0.4 is 10.2 Å². The highest BCUT2D eigenvalue weighted by Gasteiger charge is 2.18. The second-order valence-electron chi connectivity index (χ2n) is 6.43. The number of nitrogens with one attached hydrogen (secondary N) is 1. The van der Waals surface area contributed by atoms with Crippen LogP contribution in [0.5, 0.6) is 0 Å². The standard InChI is InChI=1S/C19H19ClN4OS/c1-23-8-10-24(11-9-23)19-22-16-7-6-15(12-17(16)26-19)21-18(25)13-2-4-14(20)5-3-13/h2-7,12H,8-11H2,1H3,(H,21,25). The minimum Gasteiger partial charge on any atom is -0.345 e. The van der Waals surface area contributed by atoms with E-state index in [1.54, 1.807) is 35.6 Å². The van der Waals surface area contributed by atoms with Crippen LogP contribution in [-0.4, -0.2) is 49.0 Å². The summed E-state index contributed by atoms with van der Waals surface area (Å²) in [5.74, 6) is -0.148. The minimum atomic E-state index is -0.148. The van der Waals surface area contributed by atoms with E-state index in [2.05, 4.69) is 22.2 Å². The van der Waals surface area contributed by atoms with Crippen molar-refractivity contribution in [3.63, 3.8) is 0 Å². The van der Waals surface area contributed by atoms with E-state index in [9.17, 15) is 4.79 Å². The minimum absolute atomic E-state index is 0.148. The number of fused-ring (bicyclic) bond motifs is 1. The average Bonchev–Trinajstić information content (AvgIpc) is 3.06. The summed E-state index contributed by atoms with van der Waals surface area (Å²) in [6.45, 7) is 4.10. The fourth-order valence-corrected chi connectivity index (χ4v) is 4.11. The number of amides is 1. The molecular formula is C19H19ClN4OS. The highest BCUT2D eigenvalue weighted by Crippen LogP contribution is 2.31. The number of rotatable bonds is 3. The second kappa shape index (κ2) is 7.23. The van der Waals surface area contributed by atoms with Crippen molar-refractivity contribution in [3.05, 3.63) is 53.1 Å². The van der Waals surface area contributed by atoms with Gasteiger partial charge in [0.05, 0.1) is 10.2 Å². The molecule has 5 nitrogen and oxygen atoms in total. The number of carbonyl (C=O) groups excluding carboxylic acids is 1. The van der Waals surface area contributed by atoms with Crippen molar-refractivity contribution in [1.82, 2.24) is 9.88 Å². The van der Waals surface area contributed by atoms with Gasteiger partial charge in [-0.05, 0) is 49.5 Å². The number of anilines is 2. The van der Waals surface area contributed by atoms with Gasteiger partial charge in [-0.3, -0.25) is 4.79 Å². The first kappa shape index (κ1) is 17.3. The van der Waals surface area contributed by atoms with E-state index in [-0.39, 0.29) is 5.91 Å². The van der Waals surface area contributed by atoms with Gasteiger partial charge in [0.15, 0.2) is 5.13 Å². The monoisotopic (exact) mass is 386 g/mol. The fourth-order valence-electron chi connectivity index (χ4n) is 2.93. The zero-order valence-electron chi connectivity index (χ0n) is 14.4. The van der Waals surface area contributed by atoms with Gasteiger partial charge >= 0.3 is 0 Å². The van der Waals surface area contributed by atoms with Crippen LogP contribution in [-0.2, 0) is 0 Å². The molecule has 26 heavy (non-hydrogen) atoms. The van der Waals surface area contributed by atoms with Crippen LogP contribution in [0.2, 0.25) is 5.02 Å². The predicted molar refractivity (Wildman–Crippen MR) is 109 cm³/mol. The van der Waals surface area contributed by atoms with E-state index >= 15 is 0 Å². The number of nitrogens with zero attached hydrogens (tertiary/aromatic N) is 3. The van der Waals surface area contributed by atoms with Gasteiger partial charge in [0, 0.05) is 42.5 Å². The Morgan fingerprint density at radius 1 is 1.12 bits per heavy atom. The number of hydrogen-bond acceptors (Lipinski definition) is 5. The first-order chi connectivity index (χ1) is 12.6. The molecule has 0 radical (unpaired) electrons. The van der Waals surface area contributed by atoms with Gasteiger partial charge in [0.25, 0.3) is 5.91 Å². The number of halogens is 1. The van der Waals surface area contributed by atoms with Crippen molar-refractivity contribution < 1.29 is 4.79 Å². The normalized spacial score (nSPS) is 15.4. The third-order valence-electron chi connectivity index (χ3n) is 4.52. The van der Waals surface area contributed by atoms with Gasteiger partial charge < -0.3 is 15.1 Å². The summed E-state index contributed by atoms with van der Waals surface area (Å²) in [4.78, 5) is 21.8. The molecule has 1 N–H and O–H groups in total. The molecule has 0 aliphatic carbocycles. The Morgan fingerprint density at radius 3 is 2.58 bits per heavy atom. The molecule has 2 aromatic carbocycles. The maximum Gasteiger partial charge on any atom is 0.255 e. The number of hydrogen-bond donors (Lipinski definition) is 1. The van der Waals surface area contributed by atoms with Crippen molar-refractivity contribution >= 4 is 49.9 Å². The Morgan fingerprint density at radius 2 is 1.85 bits per heavy atom. The van der Waals surface area contributed by atoms with Crippen LogP contribution >= 0.6 is 22.9 Å². The zero-order valence-corrected chi connectivity index (χ0v) is 16.0. The van der Waals surface area contributed by atoms with Gasteiger partial charge in [-0.1, -0.05) is 22.9 Å². The molecule has 4 rings (SSSR count). The molecule has 134 valence electrons. The summed E-state index contributed by atoms with van der Waals surface area (Å²) in [6, 6.07) is 12.7. The number of piperazine rings is 1. The summed E-state index contributed by atoms with van der Waals surface area (Å²) in [7, 11) is 2.14. The first-order valence-corrected chi connectivity index (χ1v) is 9.69. The topological polar surface area (TPSA) is 48.5 Å². The second-order valence-corrected chi connectivity index (χ2v) is 7.88. The zero-order chi connectivity index (χ0) is 18.1. The van der Waals surface area contributed by atoms with Crippen molar-refractivity contribution in [2.45, 2.75) is 0 Å². The molecule has 7 heteroatoms. The molecule has 1 aliphatic heterocycles. The number of thiazole rings is 1. The molecule has 1 saturated heterocycles. The number of likely N-dealkylation sites (N-methyl/N-ethyl adjacent to an activating group) is 1. The Balaban J connectivity index is 1.52. The number of benzene rings is 2. The summed E-state index contributed by atoms with van der Waals surface area (Å²) >= 11 is 7.54. The maximum absolute atomic E-state index is 12.4.